The predicted octanol–water partition coefficient (Wildman–Crippen LogP) is 7.99. The third-order valence-corrected chi connectivity index (χ3v) is 11.3. The molecule has 2 heterocycles. The molecule has 2 N–H and O–H groups in total. The van der Waals surface area contributed by atoms with E-state index in [9.17, 15) is 19.5 Å². The van der Waals surface area contributed by atoms with Crippen LogP contribution < -0.4 is 10.1 Å². The lowest BCUT2D eigenvalue weighted by Crippen LogP contribution is -2.41. The fourth-order valence-corrected chi connectivity index (χ4v) is 8.15. The van der Waals surface area contributed by atoms with Crippen molar-refractivity contribution in [3.8, 4) is 16.9 Å². The number of methoxy groups -OCH3 is 1. The smallest absolute Gasteiger partial charge is 0.408 e. The van der Waals surface area contributed by atoms with Crippen LogP contribution in [-0.4, -0.2) is 52.9 Å². The Labute approximate surface area is 330 Å². The summed E-state index contributed by atoms with van der Waals surface area (Å²) in [6, 6.07) is 39.8. The van der Waals surface area contributed by atoms with Crippen molar-refractivity contribution in [3.05, 3.63) is 155 Å². The van der Waals surface area contributed by atoms with E-state index in [-0.39, 0.29) is 50.2 Å². The highest BCUT2D eigenvalue weighted by Gasteiger charge is 2.40. The molecule has 2 aliphatic heterocycles. The van der Waals surface area contributed by atoms with Crippen molar-refractivity contribution in [3.63, 3.8) is 0 Å². The summed E-state index contributed by atoms with van der Waals surface area (Å²) in [7, 11) is 1.67. The van der Waals surface area contributed by atoms with Gasteiger partial charge < -0.3 is 29.4 Å². The van der Waals surface area contributed by atoms with Gasteiger partial charge in [0.05, 0.1) is 38.9 Å². The molecule has 5 aromatic rings. The van der Waals surface area contributed by atoms with Gasteiger partial charge in [0.15, 0.2) is 6.29 Å². The van der Waals surface area contributed by atoms with Gasteiger partial charge in [0, 0.05) is 22.1 Å². The number of hydrogen-bond acceptors (Lipinski definition) is 9. The maximum atomic E-state index is 13.2. The lowest BCUT2D eigenvalue weighted by Gasteiger charge is -2.41. The van der Waals surface area contributed by atoms with Gasteiger partial charge in [0.1, 0.15) is 18.4 Å². The van der Waals surface area contributed by atoms with Crippen molar-refractivity contribution in [1.82, 2.24) is 10.2 Å². The topological polar surface area (TPSA) is 124 Å². The van der Waals surface area contributed by atoms with Crippen LogP contribution in [-0.2, 0) is 43.6 Å². The Hall–Kier alpha value is -5.46. The maximum absolute atomic E-state index is 13.2. The van der Waals surface area contributed by atoms with E-state index in [0.29, 0.717) is 5.75 Å². The number of para-hydroxylation sites is 1. The Morgan fingerprint density at radius 1 is 0.821 bits per heavy atom. The molecule has 2 aliphatic rings. The summed E-state index contributed by atoms with van der Waals surface area (Å²) in [4.78, 5) is 40.7. The second kappa shape index (κ2) is 18.0. The van der Waals surface area contributed by atoms with Crippen LogP contribution >= 0.6 is 11.8 Å². The molecule has 2 saturated heterocycles. The lowest BCUT2D eigenvalue weighted by atomic mass is 9.91. The largest absolute Gasteiger partial charge is 0.496 e. The minimum absolute atomic E-state index is 0.0269. The number of rotatable bonds is 13. The van der Waals surface area contributed by atoms with E-state index in [4.69, 9.17) is 18.9 Å². The van der Waals surface area contributed by atoms with Crippen LogP contribution in [0, 0.1) is 5.92 Å². The number of thioether (sulfide) groups is 1. The van der Waals surface area contributed by atoms with Crippen LogP contribution in [0.25, 0.3) is 11.1 Å². The first-order valence-electron chi connectivity index (χ1n) is 18.6. The third kappa shape index (κ3) is 9.14. The lowest BCUT2D eigenvalue weighted by molar-refractivity contribution is -0.268. The molecule has 0 radical (unpaired) electrons. The number of aliphatic hydroxyl groups is 1. The quantitative estimate of drug-likeness (QED) is 0.0906. The van der Waals surface area contributed by atoms with Crippen molar-refractivity contribution in [2.75, 3.05) is 12.9 Å². The number of aliphatic hydroxyl groups excluding tert-OH is 1. The average molecular weight is 773 g/mol. The molecule has 1 unspecified atom stereocenters. The number of nitrogens with zero attached hydrogens (tertiary/aromatic N) is 1. The minimum atomic E-state index is -0.979. The van der Waals surface area contributed by atoms with Crippen LogP contribution in [0.2, 0.25) is 0 Å². The number of amides is 3. The highest BCUT2D eigenvalue weighted by Crippen LogP contribution is 2.44. The zero-order valence-electron chi connectivity index (χ0n) is 31.2. The molecule has 3 amide bonds. The number of benzene rings is 5. The first-order chi connectivity index (χ1) is 27.3. The highest BCUT2D eigenvalue weighted by atomic mass is 32.2. The number of imide groups is 1. The van der Waals surface area contributed by atoms with Crippen LogP contribution in [0.5, 0.6) is 5.75 Å². The molecule has 10 nitrogen and oxygen atoms in total. The van der Waals surface area contributed by atoms with E-state index in [0.717, 1.165) is 49.6 Å². The maximum Gasteiger partial charge on any atom is 0.408 e. The predicted molar refractivity (Wildman–Crippen MR) is 212 cm³/mol. The molecular weight excluding hydrogens is 729 g/mol. The zero-order chi connectivity index (χ0) is 39.0. The number of likely N-dealkylation sites (tertiary alicyclic amines) is 1. The number of hydrogen-bond donors (Lipinski definition) is 2. The average Bonchev–Trinajstić information content (AvgIpc) is 3.50. The molecule has 5 aromatic carbocycles. The van der Waals surface area contributed by atoms with Gasteiger partial charge >= 0.3 is 6.09 Å². The van der Waals surface area contributed by atoms with Gasteiger partial charge in [0.2, 0.25) is 5.91 Å². The zero-order valence-corrected chi connectivity index (χ0v) is 32.0. The van der Waals surface area contributed by atoms with Gasteiger partial charge in [-0.2, -0.15) is 0 Å². The molecule has 0 saturated carbocycles. The first-order valence-corrected chi connectivity index (χ1v) is 19.5. The van der Waals surface area contributed by atoms with Crippen LogP contribution in [0.15, 0.2) is 132 Å². The van der Waals surface area contributed by atoms with E-state index in [1.807, 2.05) is 127 Å². The van der Waals surface area contributed by atoms with E-state index >= 15 is 0 Å². The molecule has 11 heteroatoms. The van der Waals surface area contributed by atoms with Gasteiger partial charge in [-0.1, -0.05) is 116 Å². The summed E-state index contributed by atoms with van der Waals surface area (Å²) in [6.45, 7) is 2.26. The standard InChI is InChI=1S/C45H44N2O8S/c1-29-39(28-56-40-14-7-6-13-38(40)52-2)54-44(55-42(29)34-17-15-30(26-48)16-18-34)35-21-19-33(20-22-35)36-12-8-11-32(23-36)25-47-41(49)24-37(43(47)50)46-45(51)53-27-31-9-4-3-5-10-31/h3-23,29,37,39,42,44,48H,24-28H2,1-2H3,(H,46,51)/t29-,37?,39+,42+,44+/m0/s1. The molecule has 7 rings (SSSR count). The van der Waals surface area contributed by atoms with Crippen molar-refractivity contribution >= 4 is 29.7 Å². The second-order valence-corrected chi connectivity index (χ2v) is 14.9. The number of ether oxygens (including phenoxy) is 4. The summed E-state index contributed by atoms with van der Waals surface area (Å²) in [5.74, 6) is 0.715. The summed E-state index contributed by atoms with van der Waals surface area (Å²) < 4.78 is 24.2. The number of nitrogens with one attached hydrogen (secondary N) is 1. The van der Waals surface area contributed by atoms with Gasteiger partial charge in [-0.3, -0.25) is 14.5 Å². The van der Waals surface area contributed by atoms with Crippen molar-refractivity contribution in [1.29, 1.82) is 0 Å². The Morgan fingerprint density at radius 2 is 1.54 bits per heavy atom. The van der Waals surface area contributed by atoms with Crippen LogP contribution in [0.3, 0.4) is 0 Å². The number of carbonyl (C=O) groups is 3. The van der Waals surface area contributed by atoms with Gasteiger partial charge in [-0.25, -0.2) is 4.79 Å². The van der Waals surface area contributed by atoms with Crippen molar-refractivity contribution in [2.24, 2.45) is 5.92 Å². The van der Waals surface area contributed by atoms with Crippen LogP contribution in [0.4, 0.5) is 4.79 Å². The van der Waals surface area contributed by atoms with Crippen LogP contribution in [0.1, 0.15) is 53.6 Å². The fraction of sp³-hybridized carbons (Fsp3) is 0.267. The molecule has 0 aromatic heterocycles. The Balaban J connectivity index is 1.02. The molecule has 0 aliphatic carbocycles. The minimum Gasteiger partial charge on any atom is -0.496 e. The molecule has 0 bridgehead atoms. The molecular formula is C45H44N2O8S. The third-order valence-electron chi connectivity index (χ3n) is 10.1. The molecule has 0 spiro atoms. The van der Waals surface area contributed by atoms with E-state index in [2.05, 4.69) is 12.2 Å². The Morgan fingerprint density at radius 3 is 2.29 bits per heavy atom. The van der Waals surface area contributed by atoms with Gasteiger partial charge in [0.25, 0.3) is 5.91 Å². The molecule has 2 fully saturated rings. The van der Waals surface area contributed by atoms with Gasteiger partial charge in [-0.15, -0.1) is 11.8 Å². The fourth-order valence-electron chi connectivity index (χ4n) is 6.95. The Kier molecular flexibility index (Phi) is 12.5. The second-order valence-electron chi connectivity index (χ2n) is 13.9. The molecule has 5 atom stereocenters. The Bertz CT molecular complexity index is 2130. The molecule has 56 heavy (non-hydrogen) atoms. The number of alkyl carbamates (subject to hydrolysis) is 1. The summed E-state index contributed by atoms with van der Waals surface area (Å²) in [5, 5.41) is 12.2. The summed E-state index contributed by atoms with van der Waals surface area (Å²) >= 11 is 1.69. The van der Waals surface area contributed by atoms with Crippen molar-refractivity contribution < 1.29 is 38.4 Å². The highest BCUT2D eigenvalue weighted by molar-refractivity contribution is 7.99. The first kappa shape index (κ1) is 38.8. The van der Waals surface area contributed by atoms with E-state index < -0.39 is 24.3 Å². The summed E-state index contributed by atoms with van der Waals surface area (Å²) in [6.07, 6.45) is -1.89. The SMILES string of the molecule is COc1ccccc1SC[C@H]1O[C@@H](c2ccc(-c3cccc(CN4C(=O)CC(NC(=O)OCc5ccccc5)C4=O)c3)cc2)O[C@@H](c2ccc(CO)cc2)[C@H]1C. The normalized spacial score (nSPS) is 20.8. The van der Waals surface area contributed by atoms with E-state index in [1.165, 1.54) is 4.90 Å². The van der Waals surface area contributed by atoms with Crippen molar-refractivity contribution in [2.45, 2.75) is 62.5 Å². The van der Waals surface area contributed by atoms with E-state index in [1.54, 1.807) is 18.9 Å². The molecule has 288 valence electrons. The number of carbonyl (C=O) groups excluding carboxylic acids is 3. The monoisotopic (exact) mass is 772 g/mol. The summed E-state index contributed by atoms with van der Waals surface area (Å²) in [5.41, 5.74) is 6.18. The van der Waals surface area contributed by atoms with Gasteiger partial charge in [-0.05, 0) is 51.6 Å².